The summed E-state index contributed by atoms with van der Waals surface area (Å²) in [5.41, 5.74) is 5.12. The van der Waals surface area contributed by atoms with E-state index in [1.807, 2.05) is 30.3 Å². The molecule has 2 aliphatic heterocycles. The monoisotopic (exact) mass is 472 g/mol. The Balaban J connectivity index is 1.40. The Hall–Kier alpha value is -3.42. The molecule has 7 heteroatoms. The largest absolute Gasteiger partial charge is 0.382 e. The molecule has 0 unspecified atom stereocenters. The lowest BCUT2D eigenvalue weighted by Gasteiger charge is -2.25. The lowest BCUT2D eigenvalue weighted by molar-refractivity contribution is -0.122. The van der Waals surface area contributed by atoms with Crippen LogP contribution in [0.25, 0.3) is 11.1 Å². The molecule has 2 fully saturated rings. The molecule has 35 heavy (non-hydrogen) atoms. The first-order valence-electron chi connectivity index (χ1n) is 12.4. The zero-order valence-corrected chi connectivity index (χ0v) is 19.8. The van der Waals surface area contributed by atoms with Crippen LogP contribution >= 0.6 is 0 Å². The number of carbonyl (C=O) groups excluding carboxylic acids is 1. The third kappa shape index (κ3) is 6.38. The lowest BCUT2D eigenvalue weighted by Crippen LogP contribution is -2.28. The Kier molecular flexibility index (Phi) is 7.56. The highest BCUT2D eigenvalue weighted by atomic mass is 16.5. The molecule has 1 aromatic heterocycles. The van der Waals surface area contributed by atoms with Gasteiger partial charge in [-0.3, -0.25) is 4.79 Å². The number of rotatable bonds is 7. The van der Waals surface area contributed by atoms with Crippen LogP contribution in [0.1, 0.15) is 25.7 Å². The van der Waals surface area contributed by atoms with E-state index in [1.165, 1.54) is 0 Å². The molecule has 2 aromatic carbocycles. The maximum absolute atomic E-state index is 12.7. The molecule has 0 aliphatic carbocycles. The van der Waals surface area contributed by atoms with Gasteiger partial charge < -0.3 is 25.4 Å². The molecule has 0 radical (unpaired) electrons. The van der Waals surface area contributed by atoms with Crippen LogP contribution in [0.4, 0.5) is 22.9 Å². The van der Waals surface area contributed by atoms with E-state index < -0.39 is 0 Å². The van der Waals surface area contributed by atoms with Crippen LogP contribution in [0.3, 0.4) is 0 Å². The maximum Gasteiger partial charge on any atom is 0.228 e. The standard InChI is InChI=1S/C28H32N4O3/c33-28(20-7-12-34-13-8-20)32-27-18-21(6-11-29-27)22-16-25(30-23-4-2-1-3-5-23)19-26(17-22)31-24-9-14-35-15-10-24/h1-6,11,16-20,24,30-31H,7-10,12-15H2,(H,29,32,33). The van der Waals surface area contributed by atoms with Crippen molar-refractivity contribution in [1.29, 1.82) is 0 Å². The van der Waals surface area contributed by atoms with Crippen molar-refractivity contribution in [3.63, 3.8) is 0 Å². The van der Waals surface area contributed by atoms with Gasteiger partial charge in [-0.05, 0) is 79.3 Å². The van der Waals surface area contributed by atoms with Gasteiger partial charge in [-0.25, -0.2) is 4.98 Å². The zero-order valence-electron chi connectivity index (χ0n) is 19.8. The van der Waals surface area contributed by atoms with Crippen LogP contribution in [-0.2, 0) is 14.3 Å². The number of benzene rings is 2. The topological polar surface area (TPSA) is 84.5 Å². The van der Waals surface area contributed by atoms with Crippen LogP contribution in [0.5, 0.6) is 0 Å². The second-order valence-corrected chi connectivity index (χ2v) is 9.13. The molecule has 182 valence electrons. The van der Waals surface area contributed by atoms with Crippen molar-refractivity contribution < 1.29 is 14.3 Å². The fourth-order valence-electron chi connectivity index (χ4n) is 4.58. The van der Waals surface area contributed by atoms with Gasteiger partial charge in [0.15, 0.2) is 0 Å². The van der Waals surface area contributed by atoms with Gasteiger partial charge in [-0.15, -0.1) is 0 Å². The number of pyridine rings is 1. The lowest BCUT2D eigenvalue weighted by atomic mass is 9.99. The SMILES string of the molecule is O=C(Nc1cc(-c2cc(Nc3ccccc3)cc(NC3CCOCC3)c2)ccn1)C1CCOCC1. The van der Waals surface area contributed by atoms with Crippen molar-refractivity contribution in [2.45, 2.75) is 31.7 Å². The normalized spacial score (nSPS) is 17.0. The molecule has 3 heterocycles. The van der Waals surface area contributed by atoms with Crippen molar-refractivity contribution in [3.8, 4) is 11.1 Å². The summed E-state index contributed by atoms with van der Waals surface area (Å²) in [7, 11) is 0. The van der Waals surface area contributed by atoms with Crippen LogP contribution in [0.2, 0.25) is 0 Å². The number of carbonyl (C=O) groups is 1. The molecule has 2 saturated heterocycles. The first kappa shape index (κ1) is 23.3. The van der Waals surface area contributed by atoms with Gasteiger partial charge in [0.05, 0.1) is 0 Å². The quantitative estimate of drug-likeness (QED) is 0.424. The average Bonchev–Trinajstić information content (AvgIpc) is 2.90. The number of aromatic nitrogens is 1. The number of hydrogen-bond acceptors (Lipinski definition) is 6. The van der Waals surface area contributed by atoms with E-state index in [2.05, 4.69) is 51.3 Å². The number of hydrogen-bond donors (Lipinski definition) is 3. The Bertz CT molecular complexity index is 1130. The molecule has 3 aromatic rings. The first-order chi connectivity index (χ1) is 17.2. The van der Waals surface area contributed by atoms with Crippen molar-refractivity contribution >= 4 is 28.8 Å². The average molecular weight is 473 g/mol. The number of para-hydroxylation sites is 1. The third-order valence-electron chi connectivity index (χ3n) is 6.52. The fraction of sp³-hybridized carbons (Fsp3) is 0.357. The fourth-order valence-corrected chi connectivity index (χ4v) is 4.58. The minimum absolute atomic E-state index is 0.0133. The zero-order chi connectivity index (χ0) is 23.9. The molecule has 0 saturated carbocycles. The number of nitrogens with zero attached hydrogens (tertiary/aromatic N) is 1. The van der Waals surface area contributed by atoms with Crippen molar-refractivity contribution in [3.05, 3.63) is 66.9 Å². The van der Waals surface area contributed by atoms with Gasteiger partial charge in [0.1, 0.15) is 5.82 Å². The highest BCUT2D eigenvalue weighted by Crippen LogP contribution is 2.31. The van der Waals surface area contributed by atoms with Gasteiger partial charge in [0.2, 0.25) is 5.91 Å². The molecule has 0 bridgehead atoms. The van der Waals surface area contributed by atoms with Gasteiger partial charge >= 0.3 is 0 Å². The minimum atomic E-state index is -0.0251. The predicted molar refractivity (Wildman–Crippen MR) is 139 cm³/mol. The first-order valence-corrected chi connectivity index (χ1v) is 12.4. The summed E-state index contributed by atoms with van der Waals surface area (Å²) in [5.74, 6) is 0.557. The Morgan fingerprint density at radius 3 is 2.26 bits per heavy atom. The number of amides is 1. The molecule has 7 nitrogen and oxygen atoms in total. The van der Waals surface area contributed by atoms with Gasteiger partial charge in [-0.2, -0.15) is 0 Å². The minimum Gasteiger partial charge on any atom is -0.382 e. The van der Waals surface area contributed by atoms with Crippen molar-refractivity contribution in [2.24, 2.45) is 5.92 Å². The molecule has 3 N–H and O–H groups in total. The van der Waals surface area contributed by atoms with E-state index in [4.69, 9.17) is 9.47 Å². The molecule has 2 aliphatic rings. The number of ether oxygens (including phenoxy) is 2. The highest BCUT2D eigenvalue weighted by Gasteiger charge is 2.22. The van der Waals surface area contributed by atoms with E-state index in [0.717, 1.165) is 67.1 Å². The number of anilines is 4. The molecule has 0 atom stereocenters. The van der Waals surface area contributed by atoms with Gasteiger partial charge in [0.25, 0.3) is 0 Å². The summed E-state index contributed by atoms with van der Waals surface area (Å²) in [5, 5.41) is 10.2. The van der Waals surface area contributed by atoms with Crippen molar-refractivity contribution in [1.82, 2.24) is 4.98 Å². The van der Waals surface area contributed by atoms with E-state index in [1.54, 1.807) is 6.20 Å². The van der Waals surface area contributed by atoms with Crippen LogP contribution in [-0.4, -0.2) is 43.4 Å². The maximum atomic E-state index is 12.7. The smallest absolute Gasteiger partial charge is 0.228 e. The van der Waals surface area contributed by atoms with E-state index in [0.29, 0.717) is 25.1 Å². The third-order valence-corrected chi connectivity index (χ3v) is 6.52. The van der Waals surface area contributed by atoms with Crippen LogP contribution in [0, 0.1) is 5.92 Å². The van der Waals surface area contributed by atoms with Gasteiger partial charge in [0, 0.05) is 61.6 Å². The van der Waals surface area contributed by atoms with E-state index >= 15 is 0 Å². The summed E-state index contributed by atoms with van der Waals surface area (Å²) in [6.45, 7) is 2.84. The number of nitrogens with one attached hydrogen (secondary N) is 3. The molecular weight excluding hydrogens is 440 g/mol. The molecule has 0 spiro atoms. The molecule has 5 rings (SSSR count). The Morgan fingerprint density at radius 1 is 0.771 bits per heavy atom. The van der Waals surface area contributed by atoms with E-state index in [-0.39, 0.29) is 11.8 Å². The Morgan fingerprint density at radius 2 is 1.49 bits per heavy atom. The molecule has 1 amide bonds. The summed E-state index contributed by atoms with van der Waals surface area (Å²) in [6.07, 6.45) is 5.23. The highest BCUT2D eigenvalue weighted by molar-refractivity contribution is 5.92. The Labute approximate surface area is 206 Å². The van der Waals surface area contributed by atoms with Crippen LogP contribution in [0.15, 0.2) is 66.9 Å². The summed E-state index contributed by atoms with van der Waals surface area (Å²) >= 11 is 0. The van der Waals surface area contributed by atoms with Crippen LogP contribution < -0.4 is 16.0 Å². The van der Waals surface area contributed by atoms with Gasteiger partial charge in [-0.1, -0.05) is 18.2 Å². The summed E-state index contributed by atoms with van der Waals surface area (Å²) in [4.78, 5) is 17.1. The summed E-state index contributed by atoms with van der Waals surface area (Å²) in [6, 6.07) is 20.9. The molecular formula is C28H32N4O3. The van der Waals surface area contributed by atoms with E-state index in [9.17, 15) is 4.79 Å². The second kappa shape index (κ2) is 11.3. The predicted octanol–water partition coefficient (Wildman–Crippen LogP) is 5.45. The summed E-state index contributed by atoms with van der Waals surface area (Å²) < 4.78 is 10.9. The second-order valence-electron chi connectivity index (χ2n) is 9.13. The van der Waals surface area contributed by atoms with Crippen molar-refractivity contribution in [2.75, 3.05) is 42.4 Å².